The number of fused-ring (bicyclic) bond motifs is 1. The van der Waals surface area contributed by atoms with Crippen molar-refractivity contribution in [2.24, 2.45) is 11.3 Å². The van der Waals surface area contributed by atoms with Crippen LogP contribution in [0.5, 0.6) is 0 Å². The smallest absolute Gasteiger partial charge is 0.139 e. The molecule has 120 valence electrons. The quantitative estimate of drug-likeness (QED) is 0.746. The van der Waals surface area contributed by atoms with E-state index in [0.717, 1.165) is 31.6 Å². The van der Waals surface area contributed by atoms with Crippen LogP contribution in [0.2, 0.25) is 0 Å². The lowest BCUT2D eigenvalue weighted by Crippen LogP contribution is -2.72. The minimum Gasteiger partial charge on any atom is -0.366 e. The molecule has 3 fully saturated rings. The predicted molar refractivity (Wildman–Crippen MR) is 89.4 cm³/mol. The van der Waals surface area contributed by atoms with Crippen LogP contribution in [0, 0.1) is 22.7 Å². The highest BCUT2D eigenvalue weighted by molar-refractivity contribution is 5.90. The van der Waals surface area contributed by atoms with Crippen molar-refractivity contribution in [3.05, 3.63) is 42.0 Å². The van der Waals surface area contributed by atoms with E-state index in [9.17, 15) is 10.1 Å². The number of nitriles is 1. The first-order chi connectivity index (χ1) is 11.7. The van der Waals surface area contributed by atoms with Crippen LogP contribution in [0.4, 0.5) is 5.69 Å². The lowest BCUT2D eigenvalue weighted by molar-refractivity contribution is -0.134. The number of benzene rings is 1. The van der Waals surface area contributed by atoms with Crippen LogP contribution in [0.25, 0.3) is 0 Å². The van der Waals surface area contributed by atoms with Crippen LogP contribution in [-0.2, 0) is 10.2 Å². The molecule has 2 aliphatic carbocycles. The molecule has 0 aromatic heterocycles. The van der Waals surface area contributed by atoms with Crippen molar-refractivity contribution in [1.29, 1.82) is 5.26 Å². The Balaban J connectivity index is 1.75. The third-order valence-electron chi connectivity index (χ3n) is 7.57. The molecular formula is C20H19N3O. The Kier molecular flexibility index (Phi) is 2.07. The molecule has 1 aromatic carbocycles. The number of hydrogen-bond acceptors (Lipinski definition) is 4. The van der Waals surface area contributed by atoms with Crippen molar-refractivity contribution >= 4 is 11.5 Å². The van der Waals surface area contributed by atoms with E-state index in [2.05, 4.69) is 46.6 Å². The molecule has 1 saturated heterocycles. The average Bonchev–Trinajstić information content (AvgIpc) is 3.08. The van der Waals surface area contributed by atoms with E-state index in [1.54, 1.807) is 0 Å². The number of Topliss-reactive ketones (excluding diaryl/α,β-unsaturated/α-hetero) is 1. The lowest BCUT2D eigenvalue weighted by Gasteiger charge is -2.61. The number of anilines is 1. The first-order valence-corrected chi connectivity index (χ1v) is 8.90. The molecule has 0 radical (unpaired) electrons. The molecular weight excluding hydrogens is 298 g/mol. The molecule has 2 saturated carbocycles. The van der Waals surface area contributed by atoms with Gasteiger partial charge in [-0.2, -0.15) is 5.26 Å². The average molecular weight is 317 g/mol. The molecule has 3 aliphatic heterocycles. The Morgan fingerprint density at radius 2 is 2.17 bits per heavy atom. The molecule has 1 unspecified atom stereocenters. The number of rotatable bonds is 0. The summed E-state index contributed by atoms with van der Waals surface area (Å²) in [6.45, 7) is 1.71. The highest BCUT2D eigenvalue weighted by atomic mass is 16.1. The first kappa shape index (κ1) is 13.2. The Hall–Kier alpha value is -2.12. The van der Waals surface area contributed by atoms with Crippen molar-refractivity contribution < 1.29 is 4.79 Å². The number of para-hydroxylation sites is 1. The van der Waals surface area contributed by atoms with Gasteiger partial charge in [0.25, 0.3) is 0 Å². The van der Waals surface area contributed by atoms with Gasteiger partial charge < -0.3 is 5.32 Å². The van der Waals surface area contributed by atoms with Gasteiger partial charge in [-0.25, -0.2) is 0 Å². The van der Waals surface area contributed by atoms with Crippen molar-refractivity contribution in [3.8, 4) is 6.07 Å². The summed E-state index contributed by atoms with van der Waals surface area (Å²) < 4.78 is 0. The number of carbonyl (C=O) groups is 1. The highest BCUT2D eigenvalue weighted by Crippen LogP contribution is 2.71. The summed E-state index contributed by atoms with van der Waals surface area (Å²) in [5, 5.41) is 13.9. The summed E-state index contributed by atoms with van der Waals surface area (Å²) in [7, 11) is 0. The minimum atomic E-state index is -0.647. The van der Waals surface area contributed by atoms with Crippen LogP contribution in [0.3, 0.4) is 0 Å². The largest absolute Gasteiger partial charge is 0.366 e. The predicted octanol–water partition coefficient (Wildman–Crippen LogP) is 2.24. The highest BCUT2D eigenvalue weighted by Gasteiger charge is 2.79. The molecule has 1 aromatic rings. The van der Waals surface area contributed by atoms with Crippen LogP contribution >= 0.6 is 0 Å². The summed E-state index contributed by atoms with van der Waals surface area (Å²) in [6, 6.07) is 11.2. The molecule has 1 N–H and O–H groups in total. The Labute approximate surface area is 141 Å². The van der Waals surface area contributed by atoms with Crippen LogP contribution in [-0.4, -0.2) is 35.4 Å². The van der Waals surface area contributed by atoms with Gasteiger partial charge in [0.05, 0.1) is 11.5 Å². The van der Waals surface area contributed by atoms with E-state index >= 15 is 0 Å². The van der Waals surface area contributed by atoms with E-state index < -0.39 is 11.0 Å². The number of carbonyl (C=O) groups excluding carboxylic acids is 1. The fraction of sp³-hybridized carbons (Fsp3) is 0.500. The van der Waals surface area contributed by atoms with Gasteiger partial charge in [-0.15, -0.1) is 0 Å². The summed E-state index contributed by atoms with van der Waals surface area (Å²) in [4.78, 5) is 15.7. The Morgan fingerprint density at radius 1 is 1.29 bits per heavy atom. The summed E-state index contributed by atoms with van der Waals surface area (Å²) in [5.74, 6) is 0.296. The van der Waals surface area contributed by atoms with Gasteiger partial charge in [0, 0.05) is 42.6 Å². The zero-order chi connectivity index (χ0) is 16.2. The molecule has 4 heteroatoms. The van der Waals surface area contributed by atoms with Crippen LogP contribution < -0.4 is 5.32 Å². The SMILES string of the molecule is N#C[C@]12CC[C@]34C=CCN5C[C@H](C(=O)C3)[C@@]1(c1ccccc1N2)C54. The molecule has 3 heterocycles. The van der Waals surface area contributed by atoms with Gasteiger partial charge >= 0.3 is 0 Å². The monoisotopic (exact) mass is 317 g/mol. The molecule has 6 rings (SSSR count). The summed E-state index contributed by atoms with van der Waals surface area (Å²) in [6.07, 6.45) is 6.95. The van der Waals surface area contributed by atoms with Crippen molar-refractivity contribution in [2.45, 2.75) is 36.3 Å². The Bertz CT molecular complexity index is 870. The first-order valence-electron chi connectivity index (χ1n) is 8.90. The normalized spacial score (nSPS) is 46.9. The summed E-state index contributed by atoms with van der Waals surface area (Å²) in [5.41, 5.74) is 1.15. The van der Waals surface area contributed by atoms with E-state index in [4.69, 9.17) is 0 Å². The van der Waals surface area contributed by atoms with E-state index in [0.29, 0.717) is 12.2 Å². The zero-order valence-corrected chi connectivity index (χ0v) is 13.5. The van der Waals surface area contributed by atoms with E-state index in [1.165, 1.54) is 5.56 Å². The molecule has 0 amide bonds. The maximum Gasteiger partial charge on any atom is 0.139 e. The topological polar surface area (TPSA) is 56.1 Å². The number of nitrogens with one attached hydrogen (secondary N) is 1. The molecule has 4 bridgehead atoms. The maximum absolute atomic E-state index is 13.2. The van der Waals surface area contributed by atoms with Crippen molar-refractivity contribution in [1.82, 2.24) is 4.90 Å². The molecule has 24 heavy (non-hydrogen) atoms. The standard InChI is InChI=1S/C20H19N3O/c21-12-19-8-7-18-6-3-9-23-11-14(16(24)10-18)20(19,17(18)23)13-4-1-2-5-15(13)22-19/h1-6,14,17,22H,7-11H2/t14-,17?,18-,19-,20+/m1/s1. The van der Waals surface area contributed by atoms with Gasteiger partial charge in [0.15, 0.2) is 0 Å². The lowest BCUT2D eigenvalue weighted by atomic mass is 9.42. The maximum atomic E-state index is 13.2. The van der Waals surface area contributed by atoms with E-state index in [-0.39, 0.29) is 17.4 Å². The number of nitrogens with zero attached hydrogens (tertiary/aromatic N) is 2. The molecule has 5 atom stereocenters. The van der Waals surface area contributed by atoms with Gasteiger partial charge in [0.2, 0.25) is 0 Å². The fourth-order valence-corrected chi connectivity index (χ4v) is 6.99. The van der Waals surface area contributed by atoms with Gasteiger partial charge in [-0.1, -0.05) is 30.4 Å². The number of ketones is 1. The second-order valence-electron chi connectivity index (χ2n) is 8.24. The minimum absolute atomic E-state index is 0.0633. The third kappa shape index (κ3) is 1.08. The van der Waals surface area contributed by atoms with Crippen molar-refractivity contribution in [3.63, 3.8) is 0 Å². The van der Waals surface area contributed by atoms with Gasteiger partial charge in [-0.3, -0.25) is 9.69 Å². The third-order valence-corrected chi connectivity index (χ3v) is 7.57. The second kappa shape index (κ2) is 3.75. The van der Waals surface area contributed by atoms with Crippen LogP contribution in [0.15, 0.2) is 36.4 Å². The second-order valence-corrected chi connectivity index (χ2v) is 8.24. The van der Waals surface area contributed by atoms with Gasteiger partial charge in [-0.05, 0) is 24.5 Å². The molecule has 4 nitrogen and oxygen atoms in total. The van der Waals surface area contributed by atoms with Crippen LogP contribution in [0.1, 0.15) is 24.8 Å². The van der Waals surface area contributed by atoms with Gasteiger partial charge in [0.1, 0.15) is 11.3 Å². The zero-order valence-electron chi connectivity index (χ0n) is 13.5. The van der Waals surface area contributed by atoms with E-state index in [1.807, 2.05) is 6.07 Å². The molecule has 5 aliphatic rings. The van der Waals surface area contributed by atoms with Crippen molar-refractivity contribution in [2.75, 3.05) is 18.4 Å². The fourth-order valence-electron chi connectivity index (χ4n) is 6.99. The Morgan fingerprint density at radius 3 is 3.04 bits per heavy atom. The summed E-state index contributed by atoms with van der Waals surface area (Å²) >= 11 is 0. The number of hydrogen-bond donors (Lipinski definition) is 1. The molecule has 1 spiro atoms.